The number of H-pyrrole nitrogens is 1. The Hall–Kier alpha value is -3.75. The molecule has 3 aromatic rings. The van der Waals surface area contributed by atoms with E-state index >= 15 is 0 Å². The summed E-state index contributed by atoms with van der Waals surface area (Å²) in [6, 6.07) is 5.66. The van der Waals surface area contributed by atoms with Crippen LogP contribution in [0.25, 0.3) is 23.2 Å². The van der Waals surface area contributed by atoms with Gasteiger partial charge in [-0.05, 0) is 30.4 Å². The van der Waals surface area contributed by atoms with Gasteiger partial charge in [-0.25, -0.2) is 9.78 Å². The minimum Gasteiger partial charge on any atom is -0.477 e. The number of pyridine rings is 2. The number of nitrogens with zero attached hydrogens (tertiary/aromatic N) is 2. The molecule has 0 aliphatic carbocycles. The number of furan rings is 1. The first-order valence-corrected chi connectivity index (χ1v) is 6.64. The lowest BCUT2D eigenvalue weighted by Crippen LogP contribution is -2.15. The number of carboxylic acid groups (broad SMARTS) is 1. The van der Waals surface area contributed by atoms with Crippen molar-refractivity contribution in [1.29, 1.82) is 0 Å². The number of carboxylic acids is 1. The van der Waals surface area contributed by atoms with Crippen LogP contribution in [0, 0.1) is 10.1 Å². The first-order chi connectivity index (χ1) is 11.5. The Morgan fingerprint density at radius 1 is 1.29 bits per heavy atom. The molecule has 0 unspecified atom stereocenters. The number of fused-ring (bicyclic) bond motifs is 1. The van der Waals surface area contributed by atoms with E-state index < -0.39 is 16.3 Å². The molecule has 0 radical (unpaired) electrons. The lowest BCUT2D eigenvalue weighted by molar-refractivity contribution is -0.402. The summed E-state index contributed by atoms with van der Waals surface area (Å²) in [5, 5.41) is 19.6. The second kappa shape index (κ2) is 5.80. The van der Waals surface area contributed by atoms with Gasteiger partial charge in [0, 0.05) is 6.20 Å². The second-order valence-corrected chi connectivity index (χ2v) is 4.74. The van der Waals surface area contributed by atoms with Gasteiger partial charge in [0.05, 0.1) is 17.1 Å². The van der Waals surface area contributed by atoms with Gasteiger partial charge in [-0.1, -0.05) is 0 Å². The summed E-state index contributed by atoms with van der Waals surface area (Å²) in [5.74, 6) is -1.41. The molecule has 0 saturated heterocycles. The van der Waals surface area contributed by atoms with E-state index in [2.05, 4.69) is 9.97 Å². The van der Waals surface area contributed by atoms with Crippen LogP contribution in [-0.4, -0.2) is 26.0 Å². The molecule has 3 rings (SSSR count). The summed E-state index contributed by atoms with van der Waals surface area (Å²) in [4.78, 5) is 39.7. The molecule has 0 bridgehead atoms. The van der Waals surface area contributed by atoms with Gasteiger partial charge in [-0.2, -0.15) is 0 Å². The quantitative estimate of drug-likeness (QED) is 0.553. The molecule has 3 aromatic heterocycles. The van der Waals surface area contributed by atoms with Gasteiger partial charge >= 0.3 is 11.9 Å². The van der Waals surface area contributed by atoms with Crippen molar-refractivity contribution in [1.82, 2.24) is 9.97 Å². The Bertz CT molecular complexity index is 1050. The molecule has 0 spiro atoms. The van der Waals surface area contributed by atoms with Crippen molar-refractivity contribution in [3.05, 3.63) is 67.8 Å². The summed E-state index contributed by atoms with van der Waals surface area (Å²) in [6.07, 6.45) is 4.12. The number of nitro groups is 1. The Kier molecular flexibility index (Phi) is 3.66. The fraction of sp³-hybridized carbons (Fsp3) is 0. The summed E-state index contributed by atoms with van der Waals surface area (Å²) in [5.41, 5.74) is -0.297. The maximum atomic E-state index is 12.0. The van der Waals surface area contributed by atoms with Crippen LogP contribution in [0.5, 0.6) is 0 Å². The zero-order chi connectivity index (χ0) is 17.3. The second-order valence-electron chi connectivity index (χ2n) is 4.74. The maximum Gasteiger partial charge on any atom is 0.433 e. The highest BCUT2D eigenvalue weighted by Gasteiger charge is 2.12. The highest BCUT2D eigenvalue weighted by Crippen LogP contribution is 2.18. The Labute approximate surface area is 133 Å². The van der Waals surface area contributed by atoms with Crippen molar-refractivity contribution in [3.8, 4) is 0 Å². The number of rotatable bonds is 4. The van der Waals surface area contributed by atoms with Crippen molar-refractivity contribution in [2.45, 2.75) is 0 Å². The molecular weight excluding hydrogens is 318 g/mol. The third kappa shape index (κ3) is 2.77. The number of carbonyl (C=O) groups is 1. The van der Waals surface area contributed by atoms with Crippen molar-refractivity contribution in [3.63, 3.8) is 0 Å². The van der Waals surface area contributed by atoms with E-state index in [0.29, 0.717) is 5.69 Å². The van der Waals surface area contributed by atoms with E-state index in [9.17, 15) is 19.7 Å². The Morgan fingerprint density at radius 3 is 2.75 bits per heavy atom. The zero-order valence-electron chi connectivity index (χ0n) is 11.9. The van der Waals surface area contributed by atoms with Crippen LogP contribution in [-0.2, 0) is 0 Å². The molecule has 120 valence electrons. The van der Waals surface area contributed by atoms with Crippen LogP contribution in [0.2, 0.25) is 0 Å². The average Bonchev–Trinajstić information content (AvgIpc) is 3.02. The molecular formula is C15H9N3O6. The van der Waals surface area contributed by atoms with Gasteiger partial charge in [0.1, 0.15) is 21.9 Å². The number of aromatic nitrogens is 2. The highest BCUT2D eigenvalue weighted by atomic mass is 16.6. The third-order valence-corrected chi connectivity index (χ3v) is 3.20. The van der Waals surface area contributed by atoms with Gasteiger partial charge in [0.2, 0.25) is 5.43 Å². The molecule has 0 atom stereocenters. The summed E-state index contributed by atoms with van der Waals surface area (Å²) in [7, 11) is 0. The van der Waals surface area contributed by atoms with Gasteiger partial charge in [0.15, 0.2) is 0 Å². The first kappa shape index (κ1) is 15.2. The first-order valence-electron chi connectivity index (χ1n) is 6.64. The molecule has 0 aliphatic heterocycles. The summed E-state index contributed by atoms with van der Waals surface area (Å²) < 4.78 is 4.98. The molecule has 0 aromatic carbocycles. The number of aromatic carboxylic acids is 1. The van der Waals surface area contributed by atoms with Crippen LogP contribution in [0.1, 0.15) is 21.8 Å². The van der Waals surface area contributed by atoms with Crippen LogP contribution in [0.3, 0.4) is 0 Å². The number of hydrogen-bond acceptors (Lipinski definition) is 6. The van der Waals surface area contributed by atoms with Gasteiger partial charge in [0.25, 0.3) is 0 Å². The minimum atomic E-state index is -1.32. The highest BCUT2D eigenvalue weighted by molar-refractivity contribution is 5.91. The molecule has 0 saturated carbocycles. The standard InChI is InChI=1S/C15H9N3O6/c19-13-10-5-2-8(17-14(10)16-7-11(13)15(20)21)1-3-9-4-6-12(24-9)18(22)23/h1-7H,(H,20,21)(H,16,17,19). The average molecular weight is 327 g/mol. The normalized spacial score (nSPS) is 11.2. The van der Waals surface area contributed by atoms with E-state index in [1.165, 1.54) is 30.3 Å². The van der Waals surface area contributed by atoms with Crippen molar-refractivity contribution < 1.29 is 19.2 Å². The van der Waals surface area contributed by atoms with E-state index in [1.54, 1.807) is 6.08 Å². The monoisotopic (exact) mass is 327 g/mol. The third-order valence-electron chi connectivity index (χ3n) is 3.20. The predicted molar refractivity (Wildman–Crippen MR) is 83.6 cm³/mol. The Morgan fingerprint density at radius 2 is 2.08 bits per heavy atom. The molecule has 9 heteroatoms. The largest absolute Gasteiger partial charge is 0.477 e. The zero-order valence-corrected chi connectivity index (χ0v) is 11.9. The number of hydrogen-bond donors (Lipinski definition) is 2. The van der Waals surface area contributed by atoms with Crippen LogP contribution >= 0.6 is 0 Å². The fourth-order valence-corrected chi connectivity index (χ4v) is 2.07. The topological polar surface area (TPSA) is 139 Å². The van der Waals surface area contributed by atoms with E-state index in [-0.39, 0.29) is 28.2 Å². The maximum absolute atomic E-state index is 12.0. The number of nitrogens with one attached hydrogen (secondary N) is 1. The van der Waals surface area contributed by atoms with Crippen LogP contribution in [0.4, 0.5) is 5.88 Å². The molecule has 0 amide bonds. The molecule has 3 heterocycles. The fourth-order valence-electron chi connectivity index (χ4n) is 2.07. The van der Waals surface area contributed by atoms with Crippen molar-refractivity contribution >= 4 is 35.0 Å². The summed E-state index contributed by atoms with van der Waals surface area (Å²) in [6.45, 7) is 0. The van der Waals surface area contributed by atoms with E-state index in [4.69, 9.17) is 9.52 Å². The smallest absolute Gasteiger partial charge is 0.433 e. The molecule has 24 heavy (non-hydrogen) atoms. The number of aromatic amines is 1. The van der Waals surface area contributed by atoms with Gasteiger partial charge in [-0.15, -0.1) is 0 Å². The Balaban J connectivity index is 1.94. The summed E-state index contributed by atoms with van der Waals surface area (Å²) >= 11 is 0. The lowest BCUT2D eigenvalue weighted by Gasteiger charge is -2.00. The van der Waals surface area contributed by atoms with Crippen LogP contribution in [0.15, 0.2) is 39.7 Å². The molecule has 9 nitrogen and oxygen atoms in total. The van der Waals surface area contributed by atoms with E-state index in [1.807, 2.05) is 0 Å². The lowest BCUT2D eigenvalue weighted by atomic mass is 10.2. The van der Waals surface area contributed by atoms with Crippen molar-refractivity contribution in [2.75, 3.05) is 0 Å². The van der Waals surface area contributed by atoms with Crippen LogP contribution < -0.4 is 5.43 Å². The van der Waals surface area contributed by atoms with Gasteiger partial charge < -0.3 is 14.5 Å². The van der Waals surface area contributed by atoms with E-state index in [0.717, 1.165) is 6.20 Å². The SMILES string of the molecule is O=C(O)c1c[nH]c2nc(C=Cc3ccc([N+](=O)[O-])o3)ccc2c1=O. The van der Waals surface area contributed by atoms with Crippen molar-refractivity contribution in [2.24, 2.45) is 0 Å². The van der Waals surface area contributed by atoms with Gasteiger partial charge in [-0.3, -0.25) is 14.9 Å². The molecule has 2 N–H and O–H groups in total. The minimum absolute atomic E-state index is 0.153. The molecule has 0 aliphatic rings. The predicted octanol–water partition coefficient (Wildman–Crippen LogP) is 2.29. The molecule has 0 fully saturated rings.